The van der Waals surface area contributed by atoms with Crippen LogP contribution in [0.3, 0.4) is 0 Å². The summed E-state index contributed by atoms with van der Waals surface area (Å²) in [6, 6.07) is 9.44. The maximum atomic E-state index is 13.1. The molecule has 2 heterocycles. The van der Waals surface area contributed by atoms with E-state index in [-0.39, 0.29) is 29.2 Å². The summed E-state index contributed by atoms with van der Waals surface area (Å²) >= 11 is 1.37. The molecule has 0 unspecified atom stereocenters. The Morgan fingerprint density at radius 3 is 2.59 bits per heavy atom. The van der Waals surface area contributed by atoms with Crippen LogP contribution in [0.1, 0.15) is 31.1 Å². The third kappa shape index (κ3) is 4.03. The first-order chi connectivity index (χ1) is 12.9. The van der Waals surface area contributed by atoms with Crippen molar-refractivity contribution in [3.8, 4) is 0 Å². The Balaban J connectivity index is 1.53. The average Bonchev–Trinajstić information content (AvgIpc) is 3.32. The molecule has 1 atom stereocenters. The van der Waals surface area contributed by atoms with Crippen LogP contribution >= 0.6 is 11.8 Å². The highest BCUT2D eigenvalue weighted by molar-refractivity contribution is 7.99. The van der Waals surface area contributed by atoms with E-state index in [0.717, 1.165) is 29.5 Å². The minimum atomic E-state index is -3.08. The van der Waals surface area contributed by atoms with Crippen molar-refractivity contribution in [2.45, 2.75) is 43.4 Å². The number of rotatable bonds is 6. The molecule has 4 rings (SSSR count). The van der Waals surface area contributed by atoms with Crippen LogP contribution in [0, 0.1) is 6.92 Å². The predicted molar refractivity (Wildman–Crippen MR) is 105 cm³/mol. The molecule has 0 N–H and O–H groups in total. The second-order valence-corrected chi connectivity index (χ2v) is 10.2. The number of anilines is 1. The lowest BCUT2D eigenvalue weighted by molar-refractivity contribution is -0.116. The van der Waals surface area contributed by atoms with Gasteiger partial charge in [-0.05, 0) is 38.3 Å². The molecular weight excluding hydrogens is 384 g/mol. The van der Waals surface area contributed by atoms with Gasteiger partial charge >= 0.3 is 0 Å². The van der Waals surface area contributed by atoms with Crippen molar-refractivity contribution in [1.82, 2.24) is 14.8 Å². The number of para-hydroxylation sites is 1. The van der Waals surface area contributed by atoms with Crippen molar-refractivity contribution in [1.29, 1.82) is 0 Å². The lowest BCUT2D eigenvalue weighted by Gasteiger charge is -2.28. The molecular formula is C18H22N4O3S2. The van der Waals surface area contributed by atoms with Gasteiger partial charge in [0.05, 0.1) is 23.3 Å². The summed E-state index contributed by atoms with van der Waals surface area (Å²) in [5.41, 5.74) is 0.741. The quantitative estimate of drug-likeness (QED) is 0.684. The van der Waals surface area contributed by atoms with E-state index in [1.807, 2.05) is 37.3 Å². The highest BCUT2D eigenvalue weighted by Gasteiger charge is 2.36. The lowest BCUT2D eigenvalue weighted by Crippen LogP contribution is -2.42. The molecule has 2 fully saturated rings. The number of thioether (sulfide) groups is 1. The zero-order valence-corrected chi connectivity index (χ0v) is 16.7. The topological polar surface area (TPSA) is 85.2 Å². The van der Waals surface area contributed by atoms with Crippen molar-refractivity contribution in [3.63, 3.8) is 0 Å². The first-order valence-corrected chi connectivity index (χ1v) is 11.9. The minimum absolute atomic E-state index is 0.0235. The molecule has 9 heteroatoms. The van der Waals surface area contributed by atoms with Crippen molar-refractivity contribution in [2.75, 3.05) is 22.2 Å². The van der Waals surface area contributed by atoms with E-state index in [2.05, 4.69) is 14.8 Å². The van der Waals surface area contributed by atoms with Crippen molar-refractivity contribution < 1.29 is 13.2 Å². The van der Waals surface area contributed by atoms with E-state index in [4.69, 9.17) is 0 Å². The van der Waals surface area contributed by atoms with Crippen LogP contribution in [0.15, 0.2) is 35.5 Å². The smallest absolute Gasteiger partial charge is 0.237 e. The van der Waals surface area contributed by atoms with Crippen LogP contribution in [-0.2, 0) is 14.6 Å². The van der Waals surface area contributed by atoms with Gasteiger partial charge in [-0.15, -0.1) is 10.2 Å². The summed E-state index contributed by atoms with van der Waals surface area (Å²) in [6.45, 7) is 1.93. The monoisotopic (exact) mass is 406 g/mol. The Morgan fingerprint density at radius 1 is 1.22 bits per heavy atom. The van der Waals surface area contributed by atoms with Gasteiger partial charge in [0, 0.05) is 11.7 Å². The van der Waals surface area contributed by atoms with Crippen molar-refractivity contribution in [3.05, 3.63) is 36.2 Å². The van der Waals surface area contributed by atoms with Crippen LogP contribution in [-0.4, -0.2) is 52.4 Å². The number of aryl methyl sites for hydroxylation is 1. The number of sulfone groups is 1. The zero-order valence-electron chi connectivity index (χ0n) is 15.1. The number of nitrogens with zero attached hydrogens (tertiary/aromatic N) is 4. The molecule has 0 radical (unpaired) electrons. The van der Waals surface area contributed by atoms with E-state index >= 15 is 0 Å². The Labute approximate surface area is 163 Å². The van der Waals surface area contributed by atoms with Crippen LogP contribution in [0.5, 0.6) is 0 Å². The van der Waals surface area contributed by atoms with Crippen LogP contribution in [0.2, 0.25) is 0 Å². The Hall–Kier alpha value is -1.87. The number of carbonyl (C=O) groups excluding carboxylic acids is 1. The molecule has 2 aromatic rings. The first-order valence-electron chi connectivity index (χ1n) is 9.06. The van der Waals surface area contributed by atoms with Gasteiger partial charge in [0.1, 0.15) is 5.82 Å². The molecule has 1 aromatic carbocycles. The Kier molecular flexibility index (Phi) is 4.98. The summed E-state index contributed by atoms with van der Waals surface area (Å²) in [6.07, 6.45) is 2.72. The van der Waals surface area contributed by atoms with E-state index < -0.39 is 9.84 Å². The van der Waals surface area contributed by atoms with Gasteiger partial charge in [-0.3, -0.25) is 4.79 Å². The van der Waals surface area contributed by atoms with E-state index in [9.17, 15) is 13.2 Å². The summed E-state index contributed by atoms with van der Waals surface area (Å²) in [5, 5.41) is 9.11. The highest BCUT2D eigenvalue weighted by atomic mass is 32.2. The molecule has 2 aliphatic rings. The first kappa shape index (κ1) is 18.5. The van der Waals surface area contributed by atoms with Crippen LogP contribution in [0.4, 0.5) is 5.69 Å². The zero-order chi connectivity index (χ0) is 19.0. The number of aromatic nitrogens is 3. The van der Waals surface area contributed by atoms with E-state index in [0.29, 0.717) is 12.5 Å². The van der Waals surface area contributed by atoms with Gasteiger partial charge in [0.2, 0.25) is 5.91 Å². The molecule has 1 aliphatic heterocycles. The summed E-state index contributed by atoms with van der Waals surface area (Å²) in [4.78, 5) is 14.7. The number of hydrogen-bond acceptors (Lipinski definition) is 6. The fourth-order valence-corrected chi connectivity index (χ4v) is 6.13. The van der Waals surface area contributed by atoms with Gasteiger partial charge in [-0.2, -0.15) is 0 Å². The van der Waals surface area contributed by atoms with Gasteiger partial charge in [0.25, 0.3) is 0 Å². The average molecular weight is 407 g/mol. The molecule has 1 saturated heterocycles. The van der Waals surface area contributed by atoms with Gasteiger partial charge in [-0.25, -0.2) is 8.42 Å². The molecule has 144 valence electrons. The molecule has 0 bridgehead atoms. The fraction of sp³-hybridized carbons (Fsp3) is 0.500. The van der Waals surface area contributed by atoms with Crippen LogP contribution in [0.25, 0.3) is 0 Å². The second-order valence-electron chi connectivity index (χ2n) is 7.08. The normalized spacial score (nSPS) is 21.3. The maximum Gasteiger partial charge on any atom is 0.237 e. The molecule has 1 aliphatic carbocycles. The van der Waals surface area contributed by atoms with Gasteiger partial charge in [-0.1, -0.05) is 30.0 Å². The summed E-state index contributed by atoms with van der Waals surface area (Å²) in [7, 11) is -3.08. The molecule has 1 saturated carbocycles. The van der Waals surface area contributed by atoms with Crippen LogP contribution < -0.4 is 4.90 Å². The SMILES string of the molecule is Cc1nnc(SCC(=O)N(c2ccccc2)[C@@H]2CCS(=O)(=O)C2)n1C1CC1. The standard InChI is InChI=1S/C18H22N4O3S2/c1-13-19-20-18(21(13)15-7-8-15)26-11-17(23)22(14-5-3-2-4-6-14)16-9-10-27(24,25)12-16/h2-6,15-16H,7-12H2,1H3/t16-/m1/s1. The third-order valence-electron chi connectivity index (χ3n) is 4.95. The summed E-state index contributed by atoms with van der Waals surface area (Å²) < 4.78 is 26.0. The summed E-state index contributed by atoms with van der Waals surface area (Å²) in [5.74, 6) is 1.13. The molecule has 27 heavy (non-hydrogen) atoms. The predicted octanol–water partition coefficient (Wildman–Crippen LogP) is 2.23. The minimum Gasteiger partial charge on any atom is -0.308 e. The number of carbonyl (C=O) groups is 1. The van der Waals surface area contributed by atoms with Gasteiger partial charge in [0.15, 0.2) is 15.0 Å². The second kappa shape index (κ2) is 7.27. The maximum absolute atomic E-state index is 13.1. The molecule has 1 aromatic heterocycles. The number of benzene rings is 1. The van der Waals surface area contributed by atoms with Crippen molar-refractivity contribution in [2.24, 2.45) is 0 Å². The lowest BCUT2D eigenvalue weighted by atomic mass is 10.2. The number of hydrogen-bond donors (Lipinski definition) is 0. The van der Waals surface area contributed by atoms with Gasteiger partial charge < -0.3 is 9.47 Å². The highest BCUT2D eigenvalue weighted by Crippen LogP contribution is 2.38. The number of amides is 1. The largest absolute Gasteiger partial charge is 0.308 e. The molecule has 1 amide bonds. The van der Waals surface area contributed by atoms with Crippen molar-refractivity contribution >= 4 is 33.2 Å². The van der Waals surface area contributed by atoms with E-state index in [1.54, 1.807) is 4.90 Å². The molecule has 7 nitrogen and oxygen atoms in total. The third-order valence-corrected chi connectivity index (χ3v) is 7.63. The Morgan fingerprint density at radius 2 is 1.96 bits per heavy atom. The molecule has 0 spiro atoms. The fourth-order valence-electron chi connectivity index (χ4n) is 3.52. The Bertz CT molecular complexity index is 939. The van der Waals surface area contributed by atoms with E-state index in [1.165, 1.54) is 11.8 Å².